The molecule has 3 heterocycles. The highest BCUT2D eigenvalue weighted by molar-refractivity contribution is 6.06. The van der Waals surface area contributed by atoms with Crippen molar-refractivity contribution in [2.75, 3.05) is 36.4 Å². The molecule has 3 N–H and O–H groups in total. The number of fused-ring (bicyclic) bond motifs is 1. The summed E-state index contributed by atoms with van der Waals surface area (Å²) in [6.45, 7) is 1.72. The lowest BCUT2D eigenvalue weighted by Crippen LogP contribution is -2.48. The molecule has 12 heteroatoms. The van der Waals surface area contributed by atoms with E-state index in [0.29, 0.717) is 18.5 Å². The van der Waals surface area contributed by atoms with Crippen LogP contribution in [0.2, 0.25) is 0 Å². The van der Waals surface area contributed by atoms with Gasteiger partial charge in [0.2, 0.25) is 0 Å². The third-order valence-corrected chi connectivity index (χ3v) is 6.85. The van der Waals surface area contributed by atoms with Crippen LogP contribution in [0.15, 0.2) is 42.9 Å². The standard InChI is InChI=1S/C27H25F3N6O3/c1-15-20(28)21(29)22(30)23(24(15)35-7-9-36(10-8-35)27(38)39)34-26(37)18-4-2-3-16(11-18)5-6-17-12-19-25(31-13-17)33-14-32-19/h2-4,11-14H,5-10H2,1H3,(H,34,37)(H,38,39)(H,31,32,33). The molecular weight excluding hydrogens is 513 g/mol. The molecule has 5 rings (SSSR count). The summed E-state index contributed by atoms with van der Waals surface area (Å²) in [6.07, 6.45) is 3.46. The van der Waals surface area contributed by atoms with Gasteiger partial charge in [0.05, 0.1) is 17.5 Å². The molecule has 0 spiro atoms. The van der Waals surface area contributed by atoms with E-state index in [0.717, 1.165) is 16.6 Å². The third kappa shape index (κ3) is 5.22. The average Bonchev–Trinajstić information content (AvgIpc) is 3.42. The summed E-state index contributed by atoms with van der Waals surface area (Å²) < 4.78 is 44.0. The summed E-state index contributed by atoms with van der Waals surface area (Å²) >= 11 is 0. The van der Waals surface area contributed by atoms with Crippen LogP contribution in [0, 0.1) is 24.4 Å². The number of amides is 2. The van der Waals surface area contributed by atoms with Crippen LogP contribution in [0.4, 0.5) is 29.3 Å². The van der Waals surface area contributed by atoms with Crippen molar-refractivity contribution in [2.24, 2.45) is 0 Å². The summed E-state index contributed by atoms with van der Waals surface area (Å²) in [5.41, 5.74) is 2.83. The number of nitrogens with one attached hydrogen (secondary N) is 2. The van der Waals surface area contributed by atoms with Gasteiger partial charge in [0.1, 0.15) is 5.69 Å². The molecular formula is C27H25F3N6O3. The number of hydrogen-bond donors (Lipinski definition) is 3. The van der Waals surface area contributed by atoms with Crippen LogP contribution < -0.4 is 10.2 Å². The van der Waals surface area contributed by atoms with Crippen LogP contribution >= 0.6 is 0 Å². The van der Waals surface area contributed by atoms with E-state index in [1.165, 1.54) is 11.8 Å². The monoisotopic (exact) mass is 538 g/mol. The van der Waals surface area contributed by atoms with Gasteiger partial charge in [-0.3, -0.25) is 4.79 Å². The molecule has 39 heavy (non-hydrogen) atoms. The predicted octanol–water partition coefficient (Wildman–Crippen LogP) is 4.52. The number of carbonyl (C=O) groups excluding carboxylic acids is 1. The summed E-state index contributed by atoms with van der Waals surface area (Å²) in [7, 11) is 0. The maximum absolute atomic E-state index is 15.0. The second kappa shape index (κ2) is 10.6. The zero-order valence-corrected chi connectivity index (χ0v) is 21.0. The van der Waals surface area contributed by atoms with Gasteiger partial charge >= 0.3 is 6.09 Å². The first-order valence-electron chi connectivity index (χ1n) is 12.3. The molecule has 9 nitrogen and oxygen atoms in total. The summed E-state index contributed by atoms with van der Waals surface area (Å²) in [5, 5.41) is 11.6. The third-order valence-electron chi connectivity index (χ3n) is 6.85. The summed E-state index contributed by atoms with van der Waals surface area (Å²) in [5.74, 6) is -5.25. The van der Waals surface area contributed by atoms with Gasteiger partial charge < -0.3 is 25.2 Å². The van der Waals surface area contributed by atoms with E-state index in [2.05, 4.69) is 20.3 Å². The van der Waals surface area contributed by atoms with E-state index in [1.54, 1.807) is 35.6 Å². The molecule has 0 bridgehead atoms. The van der Waals surface area contributed by atoms with E-state index in [-0.39, 0.29) is 43.0 Å². The molecule has 0 saturated carbocycles. The Balaban J connectivity index is 1.36. The second-order valence-corrected chi connectivity index (χ2v) is 9.32. The number of carbonyl (C=O) groups is 2. The molecule has 1 saturated heterocycles. The molecule has 1 aliphatic heterocycles. The first-order valence-corrected chi connectivity index (χ1v) is 12.3. The lowest BCUT2D eigenvalue weighted by Gasteiger charge is -2.36. The quantitative estimate of drug-likeness (QED) is 0.311. The number of H-pyrrole nitrogens is 1. The van der Waals surface area contributed by atoms with E-state index in [1.807, 2.05) is 12.1 Å². The van der Waals surface area contributed by atoms with Gasteiger partial charge in [0.15, 0.2) is 23.1 Å². The van der Waals surface area contributed by atoms with Gasteiger partial charge in [-0.05, 0) is 49.1 Å². The van der Waals surface area contributed by atoms with Crippen molar-refractivity contribution in [1.29, 1.82) is 0 Å². The van der Waals surface area contributed by atoms with Crippen LogP contribution in [-0.4, -0.2) is 63.1 Å². The number of pyridine rings is 1. The molecule has 2 aromatic heterocycles. The fourth-order valence-corrected chi connectivity index (χ4v) is 4.75. The van der Waals surface area contributed by atoms with Crippen LogP contribution in [-0.2, 0) is 12.8 Å². The van der Waals surface area contributed by atoms with Crippen molar-refractivity contribution >= 4 is 34.5 Å². The fourth-order valence-electron chi connectivity index (χ4n) is 4.75. The number of hydrogen-bond acceptors (Lipinski definition) is 5. The minimum Gasteiger partial charge on any atom is -0.465 e. The molecule has 0 atom stereocenters. The number of aromatic nitrogens is 3. The minimum absolute atomic E-state index is 0.0114. The first kappa shape index (κ1) is 26.0. The van der Waals surface area contributed by atoms with Crippen molar-refractivity contribution in [3.05, 3.63) is 82.6 Å². The zero-order chi connectivity index (χ0) is 27.7. The number of piperazine rings is 1. The van der Waals surface area contributed by atoms with Gasteiger partial charge in [-0.15, -0.1) is 0 Å². The first-order chi connectivity index (χ1) is 18.7. The van der Waals surface area contributed by atoms with Crippen molar-refractivity contribution in [2.45, 2.75) is 19.8 Å². The van der Waals surface area contributed by atoms with E-state index in [9.17, 15) is 23.5 Å². The highest BCUT2D eigenvalue weighted by Crippen LogP contribution is 2.37. The number of imidazole rings is 1. The smallest absolute Gasteiger partial charge is 0.407 e. The van der Waals surface area contributed by atoms with Gasteiger partial charge in [-0.1, -0.05) is 12.1 Å². The SMILES string of the molecule is Cc1c(F)c(F)c(F)c(NC(=O)c2cccc(CCc3cnc4nc[nH]c4c3)c2)c1N1CCN(C(=O)O)CC1. The minimum atomic E-state index is -1.69. The lowest BCUT2D eigenvalue weighted by atomic mass is 10.0. The Morgan fingerprint density at radius 2 is 1.74 bits per heavy atom. The maximum Gasteiger partial charge on any atom is 0.407 e. The molecule has 0 aliphatic carbocycles. The van der Waals surface area contributed by atoms with Crippen molar-refractivity contribution in [3.63, 3.8) is 0 Å². The largest absolute Gasteiger partial charge is 0.465 e. The number of benzene rings is 2. The van der Waals surface area contributed by atoms with Gasteiger partial charge in [0.25, 0.3) is 5.91 Å². The highest BCUT2D eigenvalue weighted by Gasteiger charge is 2.30. The molecule has 1 aliphatic rings. The molecule has 202 valence electrons. The Morgan fingerprint density at radius 3 is 2.49 bits per heavy atom. The van der Waals surface area contributed by atoms with E-state index >= 15 is 4.39 Å². The normalized spacial score (nSPS) is 13.6. The predicted molar refractivity (Wildman–Crippen MR) is 139 cm³/mol. The Morgan fingerprint density at radius 1 is 1.00 bits per heavy atom. The van der Waals surface area contributed by atoms with Crippen molar-refractivity contribution in [3.8, 4) is 0 Å². The van der Waals surface area contributed by atoms with Gasteiger partial charge in [-0.2, -0.15) is 0 Å². The van der Waals surface area contributed by atoms with Gasteiger partial charge in [0, 0.05) is 43.5 Å². The molecule has 0 radical (unpaired) electrons. The van der Waals surface area contributed by atoms with Crippen molar-refractivity contribution in [1.82, 2.24) is 19.9 Å². The molecule has 1 fully saturated rings. The Kier molecular flexibility index (Phi) is 7.09. The number of aryl methyl sites for hydroxylation is 2. The zero-order valence-electron chi connectivity index (χ0n) is 21.0. The van der Waals surface area contributed by atoms with E-state index < -0.39 is 35.1 Å². The number of nitrogens with zero attached hydrogens (tertiary/aromatic N) is 4. The van der Waals surface area contributed by atoms with Crippen LogP contribution in [0.5, 0.6) is 0 Å². The Labute approximate surface area is 221 Å². The lowest BCUT2D eigenvalue weighted by molar-refractivity contribution is 0.102. The van der Waals surface area contributed by atoms with Gasteiger partial charge in [-0.25, -0.2) is 27.9 Å². The Bertz CT molecular complexity index is 1570. The topological polar surface area (TPSA) is 114 Å². The molecule has 4 aromatic rings. The molecule has 2 amide bonds. The highest BCUT2D eigenvalue weighted by atomic mass is 19.2. The maximum atomic E-state index is 15.0. The summed E-state index contributed by atoms with van der Waals surface area (Å²) in [4.78, 5) is 38.6. The number of halogens is 3. The number of anilines is 2. The second-order valence-electron chi connectivity index (χ2n) is 9.32. The van der Waals surface area contributed by atoms with Crippen LogP contribution in [0.25, 0.3) is 11.2 Å². The van der Waals surface area contributed by atoms with Crippen LogP contribution in [0.3, 0.4) is 0 Å². The van der Waals surface area contributed by atoms with Crippen molar-refractivity contribution < 1.29 is 27.9 Å². The fraction of sp³-hybridized carbons (Fsp3) is 0.259. The molecule has 0 unspecified atom stereocenters. The number of aromatic amines is 1. The average molecular weight is 539 g/mol. The molecule has 2 aromatic carbocycles. The summed E-state index contributed by atoms with van der Waals surface area (Å²) in [6, 6.07) is 8.71. The number of rotatable bonds is 6. The van der Waals surface area contributed by atoms with E-state index in [4.69, 9.17) is 0 Å². The Hall–Kier alpha value is -4.61. The number of carboxylic acid groups (broad SMARTS) is 1. The van der Waals surface area contributed by atoms with Crippen LogP contribution in [0.1, 0.15) is 27.0 Å².